The van der Waals surface area contributed by atoms with Crippen molar-refractivity contribution in [3.63, 3.8) is 0 Å². The second-order valence-electron chi connectivity index (χ2n) is 7.27. The van der Waals surface area contributed by atoms with E-state index in [9.17, 15) is 20.0 Å². The van der Waals surface area contributed by atoms with Crippen molar-refractivity contribution in [1.82, 2.24) is 9.88 Å². The Hall–Kier alpha value is -3.72. The average molecular weight is 407 g/mol. The number of rotatable bonds is 4. The normalized spacial score (nSPS) is 15.2. The Morgan fingerprint density at radius 1 is 1.10 bits per heavy atom. The number of aliphatic imine (C=N–C) groups is 1. The summed E-state index contributed by atoms with van der Waals surface area (Å²) in [6.07, 6.45) is 1.40. The van der Waals surface area contributed by atoms with Gasteiger partial charge in [0.25, 0.3) is 11.2 Å². The summed E-state index contributed by atoms with van der Waals surface area (Å²) in [6.45, 7) is 3.97. The van der Waals surface area contributed by atoms with Crippen LogP contribution in [0, 0.1) is 10.1 Å². The van der Waals surface area contributed by atoms with E-state index in [1.54, 1.807) is 0 Å². The van der Waals surface area contributed by atoms with Crippen molar-refractivity contribution in [2.24, 2.45) is 4.99 Å². The summed E-state index contributed by atoms with van der Waals surface area (Å²) < 4.78 is 0. The van der Waals surface area contributed by atoms with Gasteiger partial charge in [-0.05, 0) is 37.4 Å². The van der Waals surface area contributed by atoms with Crippen molar-refractivity contribution in [1.29, 1.82) is 0 Å². The Morgan fingerprint density at radius 2 is 1.80 bits per heavy atom. The second kappa shape index (κ2) is 7.96. The Morgan fingerprint density at radius 3 is 2.47 bits per heavy atom. The van der Waals surface area contributed by atoms with Crippen molar-refractivity contribution < 1.29 is 10.0 Å². The third-order valence-corrected chi connectivity index (χ3v) is 5.30. The van der Waals surface area contributed by atoms with Gasteiger partial charge in [0.05, 0.1) is 16.2 Å². The average Bonchev–Trinajstić information content (AvgIpc) is 2.74. The molecule has 1 fully saturated rings. The number of aromatic nitrogens is 1. The molecule has 0 amide bonds. The second-order valence-corrected chi connectivity index (χ2v) is 7.27. The fourth-order valence-corrected chi connectivity index (χ4v) is 3.52. The topological polar surface area (TPSA) is 115 Å². The zero-order valence-corrected chi connectivity index (χ0v) is 16.4. The maximum absolute atomic E-state index is 12.1. The van der Waals surface area contributed by atoms with E-state index in [0.717, 1.165) is 31.9 Å². The number of hydrogen-bond acceptors (Lipinski definition) is 7. The van der Waals surface area contributed by atoms with Crippen LogP contribution in [0.4, 0.5) is 17.1 Å². The highest BCUT2D eigenvalue weighted by Gasteiger charge is 2.15. The van der Waals surface area contributed by atoms with Crippen LogP contribution in [0.5, 0.6) is 5.88 Å². The molecule has 2 aromatic carbocycles. The highest BCUT2D eigenvalue weighted by atomic mass is 16.6. The van der Waals surface area contributed by atoms with E-state index in [0.29, 0.717) is 5.69 Å². The molecule has 0 saturated carbocycles. The summed E-state index contributed by atoms with van der Waals surface area (Å²) in [5, 5.41) is 21.8. The lowest BCUT2D eigenvalue weighted by Crippen LogP contribution is -2.44. The quantitative estimate of drug-likeness (QED) is 0.390. The van der Waals surface area contributed by atoms with E-state index in [-0.39, 0.29) is 27.9 Å². The number of benzene rings is 2. The number of nitro groups is 1. The molecule has 1 saturated heterocycles. The van der Waals surface area contributed by atoms with E-state index in [4.69, 9.17) is 0 Å². The van der Waals surface area contributed by atoms with Crippen molar-refractivity contribution in [3.8, 4) is 5.88 Å². The molecule has 3 aromatic rings. The fraction of sp³-hybridized carbons (Fsp3) is 0.238. The summed E-state index contributed by atoms with van der Waals surface area (Å²) in [5.41, 5.74) is 1.31. The van der Waals surface area contributed by atoms with Gasteiger partial charge in [0.1, 0.15) is 0 Å². The molecular weight excluding hydrogens is 386 g/mol. The van der Waals surface area contributed by atoms with Crippen LogP contribution < -0.4 is 10.5 Å². The standard InChI is InChI=1S/C21H21N5O4/c1-24-8-10-25(11-9-24)15-4-2-14(3-5-15)22-13-19-18-12-16(26(29)30)6-7-17(18)20(27)23-21(19)28/h2-7,12-13H,8-11H2,1H3,(H2,23,27,28). The minimum Gasteiger partial charge on any atom is -0.494 e. The van der Waals surface area contributed by atoms with Crippen molar-refractivity contribution in [2.75, 3.05) is 38.1 Å². The van der Waals surface area contributed by atoms with E-state index in [1.165, 1.54) is 24.4 Å². The van der Waals surface area contributed by atoms with Crippen LogP contribution in [0.25, 0.3) is 10.8 Å². The molecule has 0 unspecified atom stereocenters. The van der Waals surface area contributed by atoms with Gasteiger partial charge < -0.3 is 14.9 Å². The summed E-state index contributed by atoms with van der Waals surface area (Å²) in [5.74, 6) is -0.384. The minimum absolute atomic E-state index is 0.168. The first-order valence-corrected chi connectivity index (χ1v) is 9.53. The molecule has 2 N–H and O–H groups in total. The number of non-ortho nitro benzene ring substituents is 1. The molecule has 154 valence electrons. The van der Waals surface area contributed by atoms with E-state index in [2.05, 4.69) is 26.8 Å². The van der Waals surface area contributed by atoms with Gasteiger partial charge in [-0.25, -0.2) is 0 Å². The SMILES string of the molecule is CN1CCN(c2ccc(N=Cc3c(O)[nH]c(=O)c4ccc([N+](=O)[O-])cc34)cc2)CC1. The first kappa shape index (κ1) is 19.6. The number of nitrogens with zero attached hydrogens (tertiary/aromatic N) is 4. The van der Waals surface area contributed by atoms with Gasteiger partial charge in [-0.1, -0.05) is 0 Å². The van der Waals surface area contributed by atoms with Crippen LogP contribution in [-0.4, -0.2) is 59.4 Å². The zero-order valence-electron chi connectivity index (χ0n) is 16.4. The smallest absolute Gasteiger partial charge is 0.270 e. The number of nitrogens with one attached hydrogen (secondary N) is 1. The van der Waals surface area contributed by atoms with Gasteiger partial charge >= 0.3 is 0 Å². The molecule has 1 aromatic heterocycles. The number of nitro benzene ring substituents is 1. The molecule has 4 rings (SSSR count). The molecule has 9 heteroatoms. The van der Waals surface area contributed by atoms with Gasteiger partial charge in [0.15, 0.2) is 0 Å². The van der Waals surface area contributed by atoms with Crippen LogP contribution in [0.3, 0.4) is 0 Å². The zero-order chi connectivity index (χ0) is 21.3. The lowest BCUT2D eigenvalue weighted by molar-refractivity contribution is -0.384. The number of anilines is 1. The minimum atomic E-state index is -0.546. The highest BCUT2D eigenvalue weighted by Crippen LogP contribution is 2.26. The molecule has 0 radical (unpaired) electrons. The van der Waals surface area contributed by atoms with Crippen molar-refractivity contribution in [2.45, 2.75) is 0 Å². The number of aromatic hydroxyl groups is 1. The molecule has 1 aliphatic rings. The maximum atomic E-state index is 12.1. The lowest BCUT2D eigenvalue weighted by atomic mass is 10.1. The van der Waals surface area contributed by atoms with Crippen LogP contribution in [0.1, 0.15) is 5.56 Å². The summed E-state index contributed by atoms with van der Waals surface area (Å²) in [4.78, 5) is 34.0. The third kappa shape index (κ3) is 3.87. The van der Waals surface area contributed by atoms with E-state index < -0.39 is 10.5 Å². The van der Waals surface area contributed by atoms with Crippen LogP contribution in [0.2, 0.25) is 0 Å². The molecule has 1 aliphatic heterocycles. The van der Waals surface area contributed by atoms with E-state index >= 15 is 0 Å². The van der Waals surface area contributed by atoms with Gasteiger partial charge in [-0.15, -0.1) is 0 Å². The third-order valence-electron chi connectivity index (χ3n) is 5.30. The maximum Gasteiger partial charge on any atom is 0.270 e. The van der Waals surface area contributed by atoms with Gasteiger partial charge in [-0.3, -0.25) is 24.9 Å². The lowest BCUT2D eigenvalue weighted by Gasteiger charge is -2.34. The number of fused-ring (bicyclic) bond motifs is 1. The predicted molar refractivity (Wildman–Crippen MR) is 116 cm³/mol. The van der Waals surface area contributed by atoms with Gasteiger partial charge in [0.2, 0.25) is 5.88 Å². The summed E-state index contributed by atoms with van der Waals surface area (Å²) >= 11 is 0. The molecule has 9 nitrogen and oxygen atoms in total. The first-order chi connectivity index (χ1) is 14.4. The Balaban J connectivity index is 1.64. The summed E-state index contributed by atoms with van der Waals surface area (Å²) in [7, 11) is 2.11. The molecule has 0 bridgehead atoms. The van der Waals surface area contributed by atoms with Crippen molar-refractivity contribution in [3.05, 3.63) is 68.5 Å². The summed E-state index contributed by atoms with van der Waals surface area (Å²) in [6, 6.07) is 11.6. The number of pyridine rings is 1. The highest BCUT2D eigenvalue weighted by molar-refractivity contribution is 6.02. The number of hydrogen-bond donors (Lipinski definition) is 2. The number of aromatic amines is 1. The molecule has 30 heavy (non-hydrogen) atoms. The van der Waals surface area contributed by atoms with E-state index in [1.807, 2.05) is 24.3 Å². The number of piperazine rings is 1. The molecule has 0 atom stereocenters. The molecule has 0 aliphatic carbocycles. The Labute approximate surface area is 172 Å². The van der Waals surface area contributed by atoms with Gasteiger partial charge in [0, 0.05) is 61.0 Å². The first-order valence-electron chi connectivity index (χ1n) is 9.53. The molecular formula is C21H21N5O4. The van der Waals surface area contributed by atoms with Crippen molar-refractivity contribution >= 4 is 34.0 Å². The Kier molecular flexibility index (Phi) is 5.20. The van der Waals surface area contributed by atoms with Crippen LogP contribution in [-0.2, 0) is 0 Å². The Bertz CT molecular complexity index is 1180. The molecule has 2 heterocycles. The molecule has 0 spiro atoms. The van der Waals surface area contributed by atoms with Gasteiger partial charge in [-0.2, -0.15) is 0 Å². The monoisotopic (exact) mass is 407 g/mol. The number of likely N-dealkylation sites (N-methyl/N-ethyl adjacent to an activating group) is 1. The number of H-pyrrole nitrogens is 1. The largest absolute Gasteiger partial charge is 0.494 e. The van der Waals surface area contributed by atoms with Crippen LogP contribution in [0.15, 0.2) is 52.3 Å². The fourth-order valence-electron chi connectivity index (χ4n) is 3.52. The predicted octanol–water partition coefficient (Wildman–Crippen LogP) is 2.64. The van der Waals surface area contributed by atoms with Crippen LogP contribution >= 0.6 is 0 Å².